The van der Waals surface area contributed by atoms with Gasteiger partial charge >= 0.3 is 0 Å². The predicted octanol–water partition coefficient (Wildman–Crippen LogP) is 9.62. The number of para-hydroxylation sites is 2. The van der Waals surface area contributed by atoms with Gasteiger partial charge in [0.2, 0.25) is 0 Å². The third kappa shape index (κ3) is 3.74. The Morgan fingerprint density at radius 1 is 0.349 bits per heavy atom. The highest BCUT2D eigenvalue weighted by atomic mass is 15.1. The van der Waals surface area contributed by atoms with E-state index < -0.39 is 0 Å². The number of hydrogen-bond donors (Lipinski definition) is 0. The lowest BCUT2D eigenvalue weighted by atomic mass is 9.94. The van der Waals surface area contributed by atoms with Gasteiger partial charge in [0.1, 0.15) is 5.82 Å². The number of nitrogens with zero attached hydrogens (tertiary/aromatic N) is 4. The van der Waals surface area contributed by atoms with Crippen LogP contribution in [0.4, 0.5) is 0 Å². The number of fused-ring (bicyclic) bond motifs is 6. The van der Waals surface area contributed by atoms with Gasteiger partial charge in [-0.2, -0.15) is 0 Å². The van der Waals surface area contributed by atoms with Crippen molar-refractivity contribution in [3.05, 3.63) is 146 Å². The first-order chi connectivity index (χ1) is 21.3. The van der Waals surface area contributed by atoms with Crippen LogP contribution in [0.15, 0.2) is 146 Å². The molecule has 0 amide bonds. The third-order valence-electron chi connectivity index (χ3n) is 8.38. The van der Waals surface area contributed by atoms with Gasteiger partial charge in [0.15, 0.2) is 0 Å². The number of hydrogen-bond acceptors (Lipinski definition) is 3. The van der Waals surface area contributed by atoms with Crippen molar-refractivity contribution in [2.24, 2.45) is 0 Å². The number of pyridine rings is 2. The Balaban J connectivity index is 1.15. The third-order valence-corrected chi connectivity index (χ3v) is 8.38. The van der Waals surface area contributed by atoms with Gasteiger partial charge in [-0.25, -0.2) is 15.0 Å². The number of benzene rings is 5. The molecule has 0 aliphatic carbocycles. The maximum absolute atomic E-state index is 5.18. The molecule has 4 heterocycles. The van der Waals surface area contributed by atoms with Crippen LogP contribution < -0.4 is 0 Å². The lowest BCUT2D eigenvalue weighted by molar-refractivity contribution is 1.11. The monoisotopic (exact) mass is 548 g/mol. The Hall–Kier alpha value is -5.87. The van der Waals surface area contributed by atoms with Crippen molar-refractivity contribution in [1.29, 1.82) is 0 Å². The van der Waals surface area contributed by atoms with Crippen LogP contribution in [0.5, 0.6) is 0 Å². The van der Waals surface area contributed by atoms with Crippen LogP contribution >= 0.6 is 0 Å². The summed E-state index contributed by atoms with van der Waals surface area (Å²) in [7, 11) is 0. The largest absolute Gasteiger partial charge is 0.291 e. The van der Waals surface area contributed by atoms with Gasteiger partial charge in [-0.1, -0.05) is 109 Å². The number of aromatic nitrogens is 4. The lowest BCUT2D eigenvalue weighted by Gasteiger charge is -2.13. The Labute approximate surface area is 248 Å². The molecule has 0 atom stereocenters. The maximum Gasteiger partial charge on any atom is 0.145 e. The molecule has 0 bridgehead atoms. The molecule has 1 aliphatic rings. The fourth-order valence-corrected chi connectivity index (χ4v) is 6.35. The molecule has 0 N–H and O–H groups in total. The summed E-state index contributed by atoms with van der Waals surface area (Å²) in [6.07, 6.45) is 0. The van der Waals surface area contributed by atoms with Crippen molar-refractivity contribution in [2.75, 3.05) is 0 Å². The summed E-state index contributed by atoms with van der Waals surface area (Å²) in [4.78, 5) is 15.0. The summed E-state index contributed by atoms with van der Waals surface area (Å²) in [5.74, 6) is 0.929. The van der Waals surface area contributed by atoms with Crippen LogP contribution in [-0.4, -0.2) is 19.5 Å². The van der Waals surface area contributed by atoms with Crippen LogP contribution in [0.25, 0.3) is 83.9 Å². The average molecular weight is 549 g/mol. The molecular weight excluding hydrogens is 524 g/mol. The summed E-state index contributed by atoms with van der Waals surface area (Å²) < 4.78 is 2.33. The summed E-state index contributed by atoms with van der Waals surface area (Å²) >= 11 is 0. The zero-order chi connectivity index (χ0) is 28.3. The first-order valence-electron chi connectivity index (χ1n) is 14.5. The Morgan fingerprint density at radius 2 is 0.907 bits per heavy atom. The van der Waals surface area contributed by atoms with E-state index >= 15 is 0 Å². The second kappa shape index (κ2) is 9.33. The molecule has 0 saturated carbocycles. The van der Waals surface area contributed by atoms with E-state index in [1.54, 1.807) is 0 Å². The van der Waals surface area contributed by atoms with E-state index in [0.29, 0.717) is 0 Å². The number of imidazole rings is 1. The quantitative estimate of drug-likeness (QED) is 0.221. The molecule has 0 fully saturated rings. The zero-order valence-corrected chi connectivity index (χ0v) is 23.1. The smallest absolute Gasteiger partial charge is 0.145 e. The fraction of sp³-hybridized carbons (Fsp3) is 0. The molecule has 1 aliphatic heterocycles. The van der Waals surface area contributed by atoms with Crippen LogP contribution in [0.2, 0.25) is 0 Å². The van der Waals surface area contributed by atoms with Gasteiger partial charge in [0.05, 0.1) is 39.1 Å². The molecule has 5 aromatic carbocycles. The van der Waals surface area contributed by atoms with Crippen molar-refractivity contribution >= 4 is 22.1 Å². The number of rotatable bonds is 3. The normalized spacial score (nSPS) is 11.7. The standard InChI is InChI=1S/C39H24N4/c1-2-9-25(10-3-1)32-21-23-35-34(40-32)24-22-33(41-35)26-17-19-27(20-18-26)39-42-36-15-8-14-31-29-12-5-4-11-28(29)30-13-6-7-16-37(30)43(39)38(31)36/h1-24H. The SMILES string of the molecule is c1ccc(-c2ccc3nc(-c4ccc(-c5nc6cccc7c6n5-c5ccccc5-c5ccccc5-7)cc4)ccc3n2)cc1. The molecule has 8 aromatic rings. The van der Waals surface area contributed by atoms with E-state index in [1.807, 2.05) is 24.3 Å². The van der Waals surface area contributed by atoms with E-state index in [4.69, 9.17) is 15.0 Å². The molecule has 0 spiro atoms. The van der Waals surface area contributed by atoms with Crippen molar-refractivity contribution in [3.63, 3.8) is 0 Å². The maximum atomic E-state index is 5.18. The second-order valence-corrected chi connectivity index (χ2v) is 10.9. The zero-order valence-electron chi connectivity index (χ0n) is 23.1. The van der Waals surface area contributed by atoms with Crippen molar-refractivity contribution in [1.82, 2.24) is 19.5 Å². The fourth-order valence-electron chi connectivity index (χ4n) is 6.35. The van der Waals surface area contributed by atoms with E-state index in [-0.39, 0.29) is 0 Å². The summed E-state index contributed by atoms with van der Waals surface area (Å²) in [6, 6.07) is 50.8. The van der Waals surface area contributed by atoms with Crippen LogP contribution in [0, 0.1) is 0 Å². The van der Waals surface area contributed by atoms with Crippen molar-refractivity contribution in [2.45, 2.75) is 0 Å². The second-order valence-electron chi connectivity index (χ2n) is 10.9. The van der Waals surface area contributed by atoms with E-state index in [1.165, 1.54) is 22.3 Å². The minimum Gasteiger partial charge on any atom is -0.291 e. The van der Waals surface area contributed by atoms with Gasteiger partial charge in [0.25, 0.3) is 0 Å². The molecule has 9 rings (SSSR count). The van der Waals surface area contributed by atoms with Crippen LogP contribution in [-0.2, 0) is 0 Å². The molecule has 4 heteroatoms. The highest BCUT2D eigenvalue weighted by molar-refractivity contribution is 6.03. The van der Waals surface area contributed by atoms with E-state index in [9.17, 15) is 0 Å². The Morgan fingerprint density at radius 3 is 1.63 bits per heavy atom. The molecule has 43 heavy (non-hydrogen) atoms. The molecule has 0 saturated heterocycles. The van der Waals surface area contributed by atoms with Gasteiger partial charge in [-0.3, -0.25) is 4.57 Å². The summed E-state index contributed by atoms with van der Waals surface area (Å²) in [5.41, 5.74) is 15.0. The highest BCUT2D eigenvalue weighted by Crippen LogP contribution is 2.45. The molecule has 3 aromatic heterocycles. The summed E-state index contributed by atoms with van der Waals surface area (Å²) in [5, 5.41) is 0. The minimum atomic E-state index is 0.880. The summed E-state index contributed by atoms with van der Waals surface area (Å²) in [6.45, 7) is 0. The molecular formula is C39H24N4. The molecule has 0 unspecified atom stereocenters. The molecule has 200 valence electrons. The van der Waals surface area contributed by atoms with Crippen LogP contribution in [0.3, 0.4) is 0 Å². The van der Waals surface area contributed by atoms with Gasteiger partial charge in [-0.15, -0.1) is 0 Å². The predicted molar refractivity (Wildman–Crippen MR) is 175 cm³/mol. The minimum absolute atomic E-state index is 0.880. The average Bonchev–Trinajstić information content (AvgIpc) is 3.42. The van der Waals surface area contributed by atoms with Crippen molar-refractivity contribution < 1.29 is 0 Å². The highest BCUT2D eigenvalue weighted by Gasteiger charge is 2.24. The van der Waals surface area contributed by atoms with Crippen molar-refractivity contribution in [3.8, 4) is 61.8 Å². The first kappa shape index (κ1) is 23.8. The van der Waals surface area contributed by atoms with E-state index in [2.05, 4.69) is 126 Å². The Kier molecular flexibility index (Phi) is 5.16. The van der Waals surface area contributed by atoms with Gasteiger partial charge in [0, 0.05) is 27.8 Å². The van der Waals surface area contributed by atoms with Gasteiger partial charge < -0.3 is 0 Å². The molecule has 4 nitrogen and oxygen atoms in total. The Bertz CT molecular complexity index is 2330. The van der Waals surface area contributed by atoms with E-state index in [0.717, 1.165) is 61.7 Å². The van der Waals surface area contributed by atoms with Crippen LogP contribution in [0.1, 0.15) is 0 Å². The van der Waals surface area contributed by atoms with Gasteiger partial charge in [-0.05, 0) is 47.5 Å². The lowest BCUT2D eigenvalue weighted by Crippen LogP contribution is -1.99. The molecule has 0 radical (unpaired) electrons. The first-order valence-corrected chi connectivity index (χ1v) is 14.5. The topological polar surface area (TPSA) is 43.6 Å².